The molecule has 2 N–H and O–H groups in total. The third kappa shape index (κ3) is 3.42. The summed E-state index contributed by atoms with van der Waals surface area (Å²) in [5, 5.41) is 0. The molecule has 4 rings (SSSR count). The fourth-order valence-electron chi connectivity index (χ4n) is 3.24. The van der Waals surface area contributed by atoms with Gasteiger partial charge in [-0.15, -0.1) is 0 Å². The van der Waals surface area contributed by atoms with Crippen LogP contribution in [0.25, 0.3) is 22.5 Å². The van der Waals surface area contributed by atoms with Crippen LogP contribution in [0.3, 0.4) is 0 Å². The van der Waals surface area contributed by atoms with Gasteiger partial charge in [0.1, 0.15) is 5.75 Å². The van der Waals surface area contributed by atoms with E-state index in [4.69, 9.17) is 15.5 Å². The monoisotopic (exact) mass is 355 g/mol. The van der Waals surface area contributed by atoms with Crippen LogP contribution in [0.5, 0.6) is 5.75 Å². The molecule has 3 aromatic carbocycles. The molecule has 134 valence electrons. The number of benzene rings is 3. The van der Waals surface area contributed by atoms with Gasteiger partial charge in [-0.2, -0.15) is 0 Å². The van der Waals surface area contributed by atoms with Crippen molar-refractivity contribution in [2.75, 3.05) is 12.8 Å². The molecule has 0 aliphatic rings. The second kappa shape index (κ2) is 7.38. The zero-order valence-electron chi connectivity index (χ0n) is 15.2. The van der Waals surface area contributed by atoms with Gasteiger partial charge in [-0.1, -0.05) is 60.7 Å². The first-order valence-electron chi connectivity index (χ1n) is 8.86. The van der Waals surface area contributed by atoms with Crippen LogP contribution in [0.4, 0.5) is 5.95 Å². The number of methoxy groups -OCH3 is 1. The van der Waals surface area contributed by atoms with Crippen LogP contribution in [0.1, 0.15) is 5.56 Å². The number of ether oxygens (including phenoxy) is 1. The quantitative estimate of drug-likeness (QED) is 0.556. The van der Waals surface area contributed by atoms with Gasteiger partial charge in [0.2, 0.25) is 5.95 Å². The number of imidazole rings is 1. The van der Waals surface area contributed by atoms with Gasteiger partial charge in [0, 0.05) is 11.1 Å². The van der Waals surface area contributed by atoms with E-state index in [0.29, 0.717) is 12.5 Å². The lowest BCUT2D eigenvalue weighted by Crippen LogP contribution is -2.06. The molecule has 0 spiro atoms. The molecular weight excluding hydrogens is 334 g/mol. The van der Waals surface area contributed by atoms with Crippen molar-refractivity contribution in [3.05, 3.63) is 90.5 Å². The van der Waals surface area contributed by atoms with Gasteiger partial charge in [0.05, 0.1) is 25.0 Å². The van der Waals surface area contributed by atoms with E-state index < -0.39 is 0 Å². The van der Waals surface area contributed by atoms with Crippen LogP contribution in [0.2, 0.25) is 0 Å². The van der Waals surface area contributed by atoms with Gasteiger partial charge in [-0.3, -0.25) is 0 Å². The van der Waals surface area contributed by atoms with Crippen molar-refractivity contribution in [3.8, 4) is 28.3 Å². The van der Waals surface area contributed by atoms with Crippen molar-refractivity contribution in [2.45, 2.75) is 6.54 Å². The first-order valence-corrected chi connectivity index (χ1v) is 8.86. The third-order valence-electron chi connectivity index (χ3n) is 4.59. The second-order valence-corrected chi connectivity index (χ2v) is 6.33. The largest absolute Gasteiger partial charge is 0.497 e. The molecule has 4 heteroatoms. The summed E-state index contributed by atoms with van der Waals surface area (Å²) < 4.78 is 7.37. The number of anilines is 1. The van der Waals surface area contributed by atoms with Crippen molar-refractivity contribution in [3.63, 3.8) is 0 Å². The van der Waals surface area contributed by atoms with E-state index in [-0.39, 0.29) is 0 Å². The van der Waals surface area contributed by atoms with Gasteiger partial charge >= 0.3 is 0 Å². The number of hydrogen-bond acceptors (Lipinski definition) is 3. The number of nitrogen functional groups attached to an aromatic ring is 1. The summed E-state index contributed by atoms with van der Waals surface area (Å²) >= 11 is 0. The standard InChI is InChI=1S/C23H21N3O/c1-27-20-14-12-19(13-15-20)22-21(18-10-6-3-7-11-18)25-23(24)26(22)16-17-8-4-2-5-9-17/h2-15H,16H2,1H3,(H2,24,25). The van der Waals surface area contributed by atoms with Gasteiger partial charge in [0.25, 0.3) is 0 Å². The van der Waals surface area contributed by atoms with Crippen LogP contribution in [-0.4, -0.2) is 16.7 Å². The number of hydrogen-bond donors (Lipinski definition) is 1. The molecule has 0 unspecified atom stereocenters. The third-order valence-corrected chi connectivity index (χ3v) is 4.59. The lowest BCUT2D eigenvalue weighted by atomic mass is 10.0. The van der Waals surface area contributed by atoms with Crippen molar-refractivity contribution in [1.29, 1.82) is 0 Å². The highest BCUT2D eigenvalue weighted by molar-refractivity contribution is 5.80. The highest BCUT2D eigenvalue weighted by atomic mass is 16.5. The molecule has 4 nitrogen and oxygen atoms in total. The van der Waals surface area contributed by atoms with Crippen LogP contribution in [0.15, 0.2) is 84.9 Å². The summed E-state index contributed by atoms with van der Waals surface area (Å²) in [5.41, 5.74) is 11.5. The lowest BCUT2D eigenvalue weighted by Gasteiger charge is -2.12. The van der Waals surface area contributed by atoms with E-state index in [1.54, 1.807) is 7.11 Å². The molecule has 0 atom stereocenters. The van der Waals surface area contributed by atoms with Gasteiger partial charge in [-0.05, 0) is 29.8 Å². The lowest BCUT2D eigenvalue weighted by molar-refractivity contribution is 0.415. The average Bonchev–Trinajstić information content (AvgIpc) is 3.06. The normalized spacial score (nSPS) is 10.7. The van der Waals surface area contributed by atoms with Gasteiger partial charge in [0.15, 0.2) is 0 Å². The van der Waals surface area contributed by atoms with Crippen LogP contribution < -0.4 is 10.5 Å². The number of nitrogens with zero attached hydrogens (tertiary/aromatic N) is 2. The molecule has 4 aromatic rings. The van der Waals surface area contributed by atoms with Crippen molar-refractivity contribution in [1.82, 2.24) is 9.55 Å². The Balaban J connectivity index is 1.88. The van der Waals surface area contributed by atoms with Crippen LogP contribution >= 0.6 is 0 Å². The fourth-order valence-corrected chi connectivity index (χ4v) is 3.24. The molecule has 0 amide bonds. The first-order chi connectivity index (χ1) is 13.3. The van der Waals surface area contributed by atoms with Crippen LogP contribution in [-0.2, 0) is 6.54 Å². The molecular formula is C23H21N3O. The SMILES string of the molecule is COc1ccc(-c2c(-c3ccccc3)nc(N)n2Cc2ccccc2)cc1. The Morgan fingerprint density at radius 3 is 2.07 bits per heavy atom. The summed E-state index contributed by atoms with van der Waals surface area (Å²) in [5.74, 6) is 1.32. The molecule has 0 radical (unpaired) electrons. The van der Waals surface area contributed by atoms with E-state index in [2.05, 4.69) is 28.8 Å². The highest BCUT2D eigenvalue weighted by Crippen LogP contribution is 2.35. The maximum absolute atomic E-state index is 6.35. The molecule has 0 saturated carbocycles. The minimum atomic E-state index is 0.503. The van der Waals surface area contributed by atoms with Gasteiger partial charge in [-0.25, -0.2) is 4.98 Å². The summed E-state index contributed by atoms with van der Waals surface area (Å²) in [6.07, 6.45) is 0. The molecule has 0 saturated heterocycles. The minimum Gasteiger partial charge on any atom is -0.497 e. The predicted octanol–water partition coefficient (Wildman–Crippen LogP) is 4.86. The van der Waals surface area contributed by atoms with Crippen molar-refractivity contribution < 1.29 is 4.74 Å². The van der Waals surface area contributed by atoms with Crippen molar-refractivity contribution >= 4 is 5.95 Å². The molecule has 1 heterocycles. The summed E-state index contributed by atoms with van der Waals surface area (Å²) in [4.78, 5) is 4.71. The molecule has 27 heavy (non-hydrogen) atoms. The number of aromatic nitrogens is 2. The highest BCUT2D eigenvalue weighted by Gasteiger charge is 2.19. The average molecular weight is 355 g/mol. The topological polar surface area (TPSA) is 53.1 Å². The molecule has 0 aliphatic carbocycles. The van der Waals surface area contributed by atoms with E-state index in [9.17, 15) is 0 Å². The minimum absolute atomic E-state index is 0.503. The van der Waals surface area contributed by atoms with E-state index in [0.717, 1.165) is 28.3 Å². The first kappa shape index (κ1) is 16.9. The van der Waals surface area contributed by atoms with Gasteiger partial charge < -0.3 is 15.0 Å². The zero-order chi connectivity index (χ0) is 18.6. The maximum atomic E-state index is 6.35. The molecule has 0 bridgehead atoms. The van der Waals surface area contributed by atoms with Crippen molar-refractivity contribution in [2.24, 2.45) is 0 Å². The Morgan fingerprint density at radius 1 is 0.815 bits per heavy atom. The molecule has 0 aliphatic heterocycles. The zero-order valence-corrected chi connectivity index (χ0v) is 15.2. The predicted molar refractivity (Wildman–Crippen MR) is 110 cm³/mol. The smallest absolute Gasteiger partial charge is 0.201 e. The van der Waals surface area contributed by atoms with E-state index >= 15 is 0 Å². The summed E-state index contributed by atoms with van der Waals surface area (Å²) in [6, 6.07) is 28.4. The summed E-state index contributed by atoms with van der Waals surface area (Å²) in [7, 11) is 1.67. The Labute approximate surface area is 158 Å². The Kier molecular flexibility index (Phi) is 4.62. The summed E-state index contributed by atoms with van der Waals surface area (Å²) in [6.45, 7) is 0.661. The fraction of sp³-hybridized carbons (Fsp3) is 0.0870. The number of rotatable bonds is 5. The maximum Gasteiger partial charge on any atom is 0.201 e. The molecule has 1 aromatic heterocycles. The van der Waals surface area contributed by atoms with E-state index in [1.165, 1.54) is 5.56 Å². The second-order valence-electron chi connectivity index (χ2n) is 6.33. The van der Waals surface area contributed by atoms with Crippen LogP contribution in [0, 0.1) is 0 Å². The Bertz CT molecular complexity index is 1020. The molecule has 0 fully saturated rings. The Hall–Kier alpha value is -3.53. The Morgan fingerprint density at radius 2 is 1.44 bits per heavy atom. The number of nitrogens with two attached hydrogens (primary N) is 1. The van der Waals surface area contributed by atoms with E-state index in [1.807, 2.05) is 60.7 Å².